The molecule has 0 aliphatic carbocycles. The molecule has 1 unspecified atom stereocenters. The average Bonchev–Trinajstić information content (AvgIpc) is 2.15. The lowest BCUT2D eigenvalue weighted by Gasteiger charge is -2.13. The van der Waals surface area contributed by atoms with Gasteiger partial charge < -0.3 is 9.26 Å². The number of ether oxygens (including phenoxy) is 1. The highest BCUT2D eigenvalue weighted by molar-refractivity contribution is 7.71. The molecule has 0 amide bonds. The molecule has 0 rings (SSSR count). The minimum Gasteiger partial charge on any atom is -0.457 e. The van der Waals surface area contributed by atoms with Gasteiger partial charge in [0.2, 0.25) is 0 Å². The van der Waals surface area contributed by atoms with Gasteiger partial charge in [0.15, 0.2) is 0 Å². The van der Waals surface area contributed by atoms with Crippen molar-refractivity contribution in [3.05, 3.63) is 0 Å². The lowest BCUT2D eigenvalue weighted by Crippen LogP contribution is -2.09. The molecule has 0 aromatic heterocycles. The molecule has 0 spiro atoms. The van der Waals surface area contributed by atoms with Crippen LogP contribution in [0.4, 0.5) is 4.79 Å². The molecular formula is C8H13O5P. The lowest BCUT2D eigenvalue weighted by atomic mass is 10.8. The first-order chi connectivity index (χ1) is 6.60. The van der Waals surface area contributed by atoms with Crippen molar-refractivity contribution in [2.45, 2.75) is 13.8 Å². The predicted molar refractivity (Wildman–Crippen MR) is 51.0 cm³/mol. The van der Waals surface area contributed by atoms with Gasteiger partial charge in [-0.25, -0.2) is 9.36 Å². The number of carbonyl (C=O) groups is 1. The number of hydrogen-bond acceptors (Lipinski definition) is 5. The summed E-state index contributed by atoms with van der Waals surface area (Å²) >= 11 is 0. The highest BCUT2D eigenvalue weighted by Crippen LogP contribution is 2.49. The van der Waals surface area contributed by atoms with E-state index in [9.17, 15) is 9.36 Å². The van der Waals surface area contributed by atoms with Crippen LogP contribution in [0.15, 0.2) is 0 Å². The van der Waals surface area contributed by atoms with Crippen LogP contribution < -0.4 is 0 Å². The molecule has 0 aromatic rings. The zero-order chi connectivity index (χ0) is 11.0. The first-order valence-electron chi connectivity index (χ1n) is 4.10. The van der Waals surface area contributed by atoms with E-state index in [1.165, 1.54) is 0 Å². The molecule has 0 aliphatic heterocycles. The van der Waals surface area contributed by atoms with Gasteiger partial charge in [-0.1, -0.05) is 5.92 Å². The second kappa shape index (κ2) is 6.61. The van der Waals surface area contributed by atoms with Crippen LogP contribution in [0.1, 0.15) is 13.8 Å². The number of rotatable bonds is 6. The Morgan fingerprint density at radius 3 is 2.43 bits per heavy atom. The third-order valence-corrected chi connectivity index (χ3v) is 2.75. The summed E-state index contributed by atoms with van der Waals surface area (Å²) in [5.41, 5.74) is -1.00. The van der Waals surface area contributed by atoms with E-state index >= 15 is 0 Å². The van der Waals surface area contributed by atoms with E-state index in [-0.39, 0.29) is 19.8 Å². The van der Waals surface area contributed by atoms with Crippen LogP contribution in [0.25, 0.3) is 0 Å². The van der Waals surface area contributed by atoms with Crippen LogP contribution in [0.5, 0.6) is 0 Å². The third-order valence-electron chi connectivity index (χ3n) is 1.11. The lowest BCUT2D eigenvalue weighted by molar-refractivity contribution is 0.155. The molecule has 0 heterocycles. The van der Waals surface area contributed by atoms with Gasteiger partial charge in [-0.15, -0.1) is 6.42 Å². The Kier molecular flexibility index (Phi) is 6.22. The number of hydrogen-bond donors (Lipinski definition) is 0. The van der Waals surface area contributed by atoms with Gasteiger partial charge >= 0.3 is 13.3 Å². The second-order valence-electron chi connectivity index (χ2n) is 2.09. The van der Waals surface area contributed by atoms with Crippen molar-refractivity contribution in [1.29, 1.82) is 0 Å². The van der Waals surface area contributed by atoms with Gasteiger partial charge in [0.05, 0.1) is 13.2 Å². The number of terminal acetylenes is 1. The molecule has 0 aromatic carbocycles. The first-order valence-corrected chi connectivity index (χ1v) is 5.64. The Morgan fingerprint density at radius 2 is 2.00 bits per heavy atom. The normalized spacial score (nSPS) is 14.1. The molecule has 14 heavy (non-hydrogen) atoms. The van der Waals surface area contributed by atoms with Crippen molar-refractivity contribution in [3.8, 4) is 12.3 Å². The Labute approximate surface area is 83.3 Å². The molecule has 6 heteroatoms. The maximum Gasteiger partial charge on any atom is 0.439 e. The fraction of sp³-hybridized carbons (Fsp3) is 0.625. The van der Waals surface area contributed by atoms with E-state index in [0.717, 1.165) is 0 Å². The molecule has 0 bridgehead atoms. The average molecular weight is 220 g/mol. The van der Waals surface area contributed by atoms with Crippen LogP contribution in [-0.4, -0.2) is 25.5 Å². The second-order valence-corrected chi connectivity index (χ2v) is 3.97. The van der Waals surface area contributed by atoms with Crippen molar-refractivity contribution in [1.82, 2.24) is 0 Å². The standard InChI is InChI=1S/C8H13O5P/c1-4-7-13-14(10,12-6-3)8(9)11-5-2/h1H,5-7H2,2-3H3. The largest absolute Gasteiger partial charge is 0.457 e. The van der Waals surface area contributed by atoms with Crippen LogP contribution in [0, 0.1) is 12.3 Å². The smallest absolute Gasteiger partial charge is 0.439 e. The Balaban J connectivity index is 4.46. The topological polar surface area (TPSA) is 61.8 Å². The van der Waals surface area contributed by atoms with Crippen LogP contribution in [0.2, 0.25) is 0 Å². The Morgan fingerprint density at radius 1 is 1.36 bits per heavy atom. The highest BCUT2D eigenvalue weighted by Gasteiger charge is 2.36. The van der Waals surface area contributed by atoms with E-state index in [0.29, 0.717) is 0 Å². The van der Waals surface area contributed by atoms with Crippen molar-refractivity contribution < 1.29 is 23.1 Å². The van der Waals surface area contributed by atoms with Crippen LogP contribution in [-0.2, 0) is 18.3 Å². The van der Waals surface area contributed by atoms with Gasteiger partial charge in [0.25, 0.3) is 0 Å². The maximum absolute atomic E-state index is 11.6. The summed E-state index contributed by atoms with van der Waals surface area (Å²) < 4.78 is 25.5. The van der Waals surface area contributed by atoms with E-state index in [1.807, 2.05) is 0 Å². The van der Waals surface area contributed by atoms with Gasteiger partial charge in [-0.2, -0.15) is 0 Å². The molecule has 0 saturated heterocycles. The Hall–Kier alpha value is -0.820. The minimum atomic E-state index is -3.85. The van der Waals surface area contributed by atoms with Crippen molar-refractivity contribution in [2.75, 3.05) is 19.8 Å². The van der Waals surface area contributed by atoms with Gasteiger partial charge in [0.1, 0.15) is 6.61 Å². The zero-order valence-corrected chi connectivity index (χ0v) is 9.08. The van der Waals surface area contributed by atoms with E-state index in [1.54, 1.807) is 13.8 Å². The van der Waals surface area contributed by atoms with E-state index < -0.39 is 13.3 Å². The van der Waals surface area contributed by atoms with Crippen molar-refractivity contribution in [2.24, 2.45) is 0 Å². The minimum absolute atomic E-state index is 0.0840. The first kappa shape index (κ1) is 13.2. The summed E-state index contributed by atoms with van der Waals surface area (Å²) in [4.78, 5) is 11.2. The molecule has 0 saturated carbocycles. The molecule has 1 atom stereocenters. The van der Waals surface area contributed by atoms with E-state index in [4.69, 9.17) is 10.9 Å². The third kappa shape index (κ3) is 3.93. The van der Waals surface area contributed by atoms with Crippen molar-refractivity contribution in [3.63, 3.8) is 0 Å². The SMILES string of the molecule is C#CCOP(=O)(OCC)C(=O)OCC. The summed E-state index contributed by atoms with van der Waals surface area (Å²) in [7, 11) is -3.85. The zero-order valence-electron chi connectivity index (χ0n) is 8.19. The van der Waals surface area contributed by atoms with Crippen molar-refractivity contribution >= 4 is 13.3 Å². The molecule has 0 N–H and O–H groups in total. The molecule has 0 radical (unpaired) electrons. The Bertz CT molecular complexity index is 267. The molecule has 0 aliphatic rings. The van der Waals surface area contributed by atoms with Crippen LogP contribution >= 0.6 is 7.60 Å². The van der Waals surface area contributed by atoms with Gasteiger partial charge in [-0.05, 0) is 13.8 Å². The fourth-order valence-corrected chi connectivity index (χ4v) is 1.79. The summed E-state index contributed by atoms with van der Waals surface area (Å²) in [6.07, 6.45) is 4.90. The fourth-order valence-electron chi connectivity index (χ4n) is 0.637. The maximum atomic E-state index is 11.6. The summed E-state index contributed by atoms with van der Waals surface area (Å²) in [6, 6.07) is 0. The molecular weight excluding hydrogens is 207 g/mol. The predicted octanol–water partition coefficient (Wildman–Crippen LogP) is 2.02. The molecule has 0 fully saturated rings. The van der Waals surface area contributed by atoms with Gasteiger partial charge in [0, 0.05) is 0 Å². The molecule has 80 valence electrons. The monoisotopic (exact) mass is 220 g/mol. The highest BCUT2D eigenvalue weighted by atomic mass is 31.2. The van der Waals surface area contributed by atoms with Crippen LogP contribution in [0.3, 0.4) is 0 Å². The number of carbonyl (C=O) groups excluding carboxylic acids is 1. The van der Waals surface area contributed by atoms with E-state index in [2.05, 4.69) is 15.2 Å². The quantitative estimate of drug-likeness (QED) is 0.506. The summed E-state index contributed by atoms with van der Waals surface area (Å²) in [5, 5.41) is 0. The summed E-state index contributed by atoms with van der Waals surface area (Å²) in [5.74, 6) is 2.10. The molecule has 5 nitrogen and oxygen atoms in total. The van der Waals surface area contributed by atoms with Gasteiger partial charge in [-0.3, -0.25) is 4.52 Å². The summed E-state index contributed by atoms with van der Waals surface area (Å²) in [6.45, 7) is 3.12.